The number of hydrogen-bond acceptors (Lipinski definition) is 2. The van der Waals surface area contributed by atoms with E-state index in [4.69, 9.17) is 5.73 Å². The Morgan fingerprint density at radius 3 is 2.44 bits per heavy atom. The molecular weight excluding hydrogens is 238 g/mol. The molecule has 3 nitrogen and oxygen atoms in total. The molecule has 0 bridgehead atoms. The molecule has 18 heavy (non-hydrogen) atoms. The van der Waals surface area contributed by atoms with Gasteiger partial charge in [0.05, 0.1) is 0 Å². The molecule has 0 saturated heterocycles. The van der Waals surface area contributed by atoms with Gasteiger partial charge in [-0.3, -0.25) is 4.79 Å². The van der Waals surface area contributed by atoms with E-state index in [1.165, 1.54) is 11.0 Å². The summed E-state index contributed by atoms with van der Waals surface area (Å²) < 4.78 is 27.1. The topological polar surface area (TPSA) is 46.3 Å². The lowest BCUT2D eigenvalue weighted by Gasteiger charge is -2.22. The molecule has 2 rings (SSSR count). The minimum atomic E-state index is -0.807. The highest BCUT2D eigenvalue weighted by Gasteiger charge is 2.34. The first-order valence-corrected chi connectivity index (χ1v) is 6.10. The second-order valence-electron chi connectivity index (χ2n) is 4.47. The monoisotopic (exact) mass is 254 g/mol. The summed E-state index contributed by atoms with van der Waals surface area (Å²) in [6.07, 6.45) is 2.43. The number of hydrogen-bond donors (Lipinski definition) is 1. The number of halogens is 2. The Hall–Kier alpha value is -1.49. The van der Waals surface area contributed by atoms with E-state index in [0.29, 0.717) is 19.5 Å². The molecule has 0 atom stereocenters. The van der Waals surface area contributed by atoms with Crippen LogP contribution in [0.25, 0.3) is 0 Å². The number of nitrogens with zero attached hydrogens (tertiary/aromatic N) is 1. The summed E-state index contributed by atoms with van der Waals surface area (Å²) in [5.41, 5.74) is 4.95. The van der Waals surface area contributed by atoms with Crippen molar-refractivity contribution >= 4 is 5.91 Å². The van der Waals surface area contributed by atoms with Crippen molar-refractivity contribution in [2.45, 2.75) is 25.3 Å². The normalized spacial score (nSPS) is 14.6. The van der Waals surface area contributed by atoms with Crippen LogP contribution in [0, 0.1) is 11.6 Å². The molecule has 2 N–H and O–H groups in total. The Morgan fingerprint density at radius 2 is 1.94 bits per heavy atom. The van der Waals surface area contributed by atoms with Crippen LogP contribution in [0.5, 0.6) is 0 Å². The molecule has 0 aliphatic heterocycles. The Balaban J connectivity index is 2.22. The Labute approximate surface area is 105 Å². The molecule has 1 aliphatic rings. The average molecular weight is 254 g/mol. The van der Waals surface area contributed by atoms with Crippen LogP contribution in [-0.2, 0) is 0 Å². The summed E-state index contributed by atoms with van der Waals surface area (Å²) in [5, 5.41) is 0. The second-order valence-corrected chi connectivity index (χ2v) is 4.47. The number of nitrogens with two attached hydrogens (primary N) is 1. The SMILES string of the molecule is NCCCN(C(=O)c1c(F)cccc1F)C1CC1. The molecule has 0 heterocycles. The van der Waals surface area contributed by atoms with Crippen molar-refractivity contribution in [3.05, 3.63) is 35.4 Å². The first-order valence-electron chi connectivity index (χ1n) is 6.10. The summed E-state index contributed by atoms with van der Waals surface area (Å²) in [7, 11) is 0. The number of carbonyl (C=O) groups excluding carboxylic acids is 1. The maximum Gasteiger partial charge on any atom is 0.260 e. The van der Waals surface area contributed by atoms with Crippen molar-refractivity contribution in [3.63, 3.8) is 0 Å². The van der Waals surface area contributed by atoms with Crippen molar-refractivity contribution < 1.29 is 13.6 Å². The molecule has 1 aromatic rings. The lowest BCUT2D eigenvalue weighted by Crippen LogP contribution is -2.36. The zero-order valence-corrected chi connectivity index (χ0v) is 10.0. The van der Waals surface area contributed by atoms with Crippen molar-refractivity contribution in [2.24, 2.45) is 5.73 Å². The van der Waals surface area contributed by atoms with Crippen molar-refractivity contribution in [1.82, 2.24) is 4.90 Å². The fourth-order valence-corrected chi connectivity index (χ4v) is 1.94. The highest BCUT2D eigenvalue weighted by molar-refractivity contribution is 5.95. The Kier molecular flexibility index (Phi) is 3.91. The van der Waals surface area contributed by atoms with E-state index in [1.807, 2.05) is 0 Å². The molecule has 1 amide bonds. The van der Waals surface area contributed by atoms with Crippen molar-refractivity contribution in [2.75, 3.05) is 13.1 Å². The van der Waals surface area contributed by atoms with E-state index in [9.17, 15) is 13.6 Å². The predicted molar refractivity (Wildman–Crippen MR) is 64.1 cm³/mol. The molecule has 1 fully saturated rings. The number of benzene rings is 1. The zero-order chi connectivity index (χ0) is 13.1. The molecule has 98 valence electrons. The molecule has 0 aromatic heterocycles. The van der Waals surface area contributed by atoms with Crippen LogP contribution in [-0.4, -0.2) is 29.9 Å². The van der Waals surface area contributed by atoms with E-state index in [0.717, 1.165) is 25.0 Å². The Bertz CT molecular complexity index is 426. The van der Waals surface area contributed by atoms with E-state index < -0.39 is 23.1 Å². The fourth-order valence-electron chi connectivity index (χ4n) is 1.94. The molecular formula is C13H16F2N2O. The Morgan fingerprint density at radius 1 is 1.33 bits per heavy atom. The van der Waals surface area contributed by atoms with Crippen LogP contribution in [0.3, 0.4) is 0 Å². The van der Waals surface area contributed by atoms with Gasteiger partial charge in [-0.2, -0.15) is 0 Å². The van der Waals surface area contributed by atoms with Gasteiger partial charge in [0.1, 0.15) is 17.2 Å². The lowest BCUT2D eigenvalue weighted by molar-refractivity contribution is 0.0732. The molecule has 0 spiro atoms. The molecule has 0 unspecified atom stereocenters. The number of carbonyl (C=O) groups is 1. The van der Waals surface area contributed by atoms with E-state index in [2.05, 4.69) is 0 Å². The third kappa shape index (κ3) is 2.67. The van der Waals surface area contributed by atoms with Gasteiger partial charge in [-0.1, -0.05) is 6.07 Å². The largest absolute Gasteiger partial charge is 0.335 e. The van der Waals surface area contributed by atoms with Gasteiger partial charge in [0.15, 0.2) is 0 Å². The van der Waals surface area contributed by atoms with Crippen LogP contribution in [0.4, 0.5) is 8.78 Å². The minimum Gasteiger partial charge on any atom is -0.335 e. The number of rotatable bonds is 5. The average Bonchev–Trinajstić information content (AvgIpc) is 3.14. The first kappa shape index (κ1) is 13.0. The van der Waals surface area contributed by atoms with Gasteiger partial charge in [-0.15, -0.1) is 0 Å². The van der Waals surface area contributed by atoms with Gasteiger partial charge in [0.2, 0.25) is 0 Å². The molecule has 1 aromatic carbocycles. The van der Waals surface area contributed by atoms with E-state index >= 15 is 0 Å². The second kappa shape index (κ2) is 5.44. The summed E-state index contributed by atoms with van der Waals surface area (Å²) >= 11 is 0. The highest BCUT2D eigenvalue weighted by atomic mass is 19.1. The summed E-state index contributed by atoms with van der Waals surface area (Å²) in [6, 6.07) is 3.57. The highest BCUT2D eigenvalue weighted by Crippen LogP contribution is 2.29. The molecule has 1 aliphatic carbocycles. The van der Waals surface area contributed by atoms with Crippen LogP contribution < -0.4 is 5.73 Å². The van der Waals surface area contributed by atoms with Crippen LogP contribution in [0.2, 0.25) is 0 Å². The standard InChI is InChI=1S/C13H16F2N2O/c14-10-3-1-4-11(15)12(10)13(18)17(8-2-7-16)9-5-6-9/h1,3-4,9H,2,5-8,16H2. The third-order valence-electron chi connectivity index (χ3n) is 3.03. The van der Waals surface area contributed by atoms with Gasteiger partial charge in [0.25, 0.3) is 5.91 Å². The minimum absolute atomic E-state index is 0.114. The summed E-state index contributed by atoms with van der Waals surface area (Å²) in [4.78, 5) is 13.7. The maximum absolute atomic E-state index is 13.6. The van der Waals surface area contributed by atoms with E-state index in [1.54, 1.807) is 0 Å². The fraction of sp³-hybridized carbons (Fsp3) is 0.462. The van der Waals surface area contributed by atoms with Gasteiger partial charge >= 0.3 is 0 Å². The number of amides is 1. The molecule has 1 saturated carbocycles. The van der Waals surface area contributed by atoms with Gasteiger partial charge < -0.3 is 10.6 Å². The first-order chi connectivity index (χ1) is 8.65. The third-order valence-corrected chi connectivity index (χ3v) is 3.03. The lowest BCUT2D eigenvalue weighted by atomic mass is 10.1. The van der Waals surface area contributed by atoms with Crippen molar-refractivity contribution in [1.29, 1.82) is 0 Å². The quantitative estimate of drug-likeness (QED) is 0.872. The van der Waals surface area contributed by atoms with Crippen LogP contribution in [0.1, 0.15) is 29.6 Å². The van der Waals surface area contributed by atoms with Crippen LogP contribution >= 0.6 is 0 Å². The van der Waals surface area contributed by atoms with Gasteiger partial charge in [-0.25, -0.2) is 8.78 Å². The predicted octanol–water partition coefficient (Wildman–Crippen LogP) is 1.92. The maximum atomic E-state index is 13.6. The van der Waals surface area contributed by atoms with Gasteiger partial charge in [-0.05, 0) is 37.9 Å². The van der Waals surface area contributed by atoms with Crippen molar-refractivity contribution in [3.8, 4) is 0 Å². The molecule has 0 radical (unpaired) electrons. The summed E-state index contributed by atoms with van der Waals surface area (Å²) in [6.45, 7) is 0.907. The smallest absolute Gasteiger partial charge is 0.260 e. The van der Waals surface area contributed by atoms with Crippen LogP contribution in [0.15, 0.2) is 18.2 Å². The molecule has 5 heteroatoms. The van der Waals surface area contributed by atoms with E-state index in [-0.39, 0.29) is 6.04 Å². The summed E-state index contributed by atoms with van der Waals surface area (Å²) in [5.74, 6) is -2.18. The zero-order valence-electron chi connectivity index (χ0n) is 10.0. The van der Waals surface area contributed by atoms with Gasteiger partial charge in [0, 0.05) is 12.6 Å².